The first-order valence-corrected chi connectivity index (χ1v) is 9.92. The molecular formula is C16H24N2O3S2. The van der Waals surface area contributed by atoms with Gasteiger partial charge >= 0.3 is 0 Å². The van der Waals surface area contributed by atoms with E-state index in [0.29, 0.717) is 23.5 Å². The molecule has 0 aliphatic heterocycles. The predicted octanol–water partition coefficient (Wildman–Crippen LogP) is 2.46. The van der Waals surface area contributed by atoms with E-state index >= 15 is 0 Å². The lowest BCUT2D eigenvalue weighted by atomic mass is 9.93. The molecule has 1 amide bonds. The highest BCUT2D eigenvalue weighted by atomic mass is 32.2. The third kappa shape index (κ3) is 5.06. The number of carbonyl (C=O) groups excluding carboxylic acids is 1. The number of carbonyl (C=O) groups is 1. The summed E-state index contributed by atoms with van der Waals surface area (Å²) in [6, 6.07) is 3.28. The molecular weight excluding hydrogens is 332 g/mol. The highest BCUT2D eigenvalue weighted by molar-refractivity contribution is 7.91. The largest absolute Gasteiger partial charge is 0.340 e. The first kappa shape index (κ1) is 19.7. The van der Waals surface area contributed by atoms with E-state index in [1.807, 2.05) is 13.8 Å². The lowest BCUT2D eigenvalue weighted by Crippen LogP contribution is -2.46. The van der Waals surface area contributed by atoms with Gasteiger partial charge in [0, 0.05) is 20.0 Å². The second kappa shape index (κ2) is 8.48. The second-order valence-electron chi connectivity index (χ2n) is 5.34. The van der Waals surface area contributed by atoms with Crippen molar-refractivity contribution >= 4 is 27.3 Å². The van der Waals surface area contributed by atoms with Crippen molar-refractivity contribution < 1.29 is 13.2 Å². The number of amides is 1. The summed E-state index contributed by atoms with van der Waals surface area (Å²) in [6.45, 7) is 4.16. The minimum atomic E-state index is -3.45. The fourth-order valence-electron chi connectivity index (χ4n) is 2.14. The zero-order chi connectivity index (χ0) is 17.5. The van der Waals surface area contributed by atoms with Crippen LogP contribution in [0.1, 0.15) is 39.5 Å². The fourth-order valence-corrected chi connectivity index (χ4v) is 4.55. The fraction of sp³-hybridized carbons (Fsp3) is 0.562. The summed E-state index contributed by atoms with van der Waals surface area (Å²) in [6.07, 6.45) is 7.53. The van der Waals surface area contributed by atoms with Gasteiger partial charge in [0.2, 0.25) is 5.91 Å². The normalized spacial score (nSPS) is 12.1. The standard InChI is InChI=1S/C16H24N2O3S2/c1-5-16(6-2,7-3)17-14(19)10-8-12-18(4)23(20,21)15-11-9-13-22-15/h1,9,11,13H,6-8,10,12H2,2-4H3,(H,17,19). The van der Waals surface area contributed by atoms with Gasteiger partial charge in [0.25, 0.3) is 10.0 Å². The Hall–Kier alpha value is -1.36. The number of rotatable bonds is 9. The summed E-state index contributed by atoms with van der Waals surface area (Å²) < 4.78 is 26.1. The summed E-state index contributed by atoms with van der Waals surface area (Å²) in [5.74, 6) is 2.51. The van der Waals surface area contributed by atoms with Crippen molar-refractivity contribution in [1.82, 2.24) is 9.62 Å². The van der Waals surface area contributed by atoms with Gasteiger partial charge in [-0.25, -0.2) is 12.7 Å². The molecule has 0 aromatic carbocycles. The molecule has 0 radical (unpaired) electrons. The van der Waals surface area contributed by atoms with Crippen molar-refractivity contribution in [2.45, 2.75) is 49.3 Å². The Morgan fingerprint density at radius 3 is 2.57 bits per heavy atom. The third-order valence-corrected chi connectivity index (χ3v) is 7.13. The van der Waals surface area contributed by atoms with E-state index in [4.69, 9.17) is 6.42 Å². The average molecular weight is 357 g/mol. The Bertz CT molecular complexity index is 641. The van der Waals surface area contributed by atoms with Crippen LogP contribution in [0.25, 0.3) is 0 Å². The Labute approximate surface area is 143 Å². The molecule has 1 rings (SSSR count). The molecule has 128 valence electrons. The zero-order valence-corrected chi connectivity index (χ0v) is 15.5. The molecule has 1 N–H and O–H groups in total. The van der Waals surface area contributed by atoms with Crippen molar-refractivity contribution in [3.05, 3.63) is 17.5 Å². The van der Waals surface area contributed by atoms with Crippen LogP contribution in [0.3, 0.4) is 0 Å². The van der Waals surface area contributed by atoms with Crippen LogP contribution in [-0.2, 0) is 14.8 Å². The summed E-state index contributed by atoms with van der Waals surface area (Å²) in [5.41, 5.74) is -0.605. The Morgan fingerprint density at radius 1 is 1.43 bits per heavy atom. The molecule has 7 heteroatoms. The maximum Gasteiger partial charge on any atom is 0.252 e. The van der Waals surface area contributed by atoms with E-state index < -0.39 is 15.6 Å². The quantitative estimate of drug-likeness (QED) is 0.691. The number of sulfonamides is 1. The van der Waals surface area contributed by atoms with Gasteiger partial charge in [-0.1, -0.05) is 25.8 Å². The Kier molecular flexibility index (Phi) is 7.26. The maximum atomic E-state index is 12.2. The minimum absolute atomic E-state index is 0.145. The molecule has 0 spiro atoms. The number of hydrogen-bond donors (Lipinski definition) is 1. The third-order valence-electron chi connectivity index (χ3n) is 3.90. The van der Waals surface area contributed by atoms with Crippen LogP contribution < -0.4 is 5.32 Å². The van der Waals surface area contributed by atoms with Gasteiger partial charge < -0.3 is 5.32 Å². The second-order valence-corrected chi connectivity index (χ2v) is 8.56. The number of terminal acetylenes is 1. The molecule has 0 aliphatic carbocycles. The molecule has 23 heavy (non-hydrogen) atoms. The van der Waals surface area contributed by atoms with Crippen molar-refractivity contribution in [3.8, 4) is 12.3 Å². The van der Waals surface area contributed by atoms with Crippen LogP contribution >= 0.6 is 11.3 Å². The van der Waals surface area contributed by atoms with E-state index in [0.717, 1.165) is 0 Å². The van der Waals surface area contributed by atoms with Gasteiger partial charge in [0.1, 0.15) is 9.75 Å². The highest BCUT2D eigenvalue weighted by Gasteiger charge is 2.25. The Morgan fingerprint density at radius 2 is 2.09 bits per heavy atom. The molecule has 0 saturated carbocycles. The molecule has 0 aliphatic rings. The summed E-state index contributed by atoms with van der Waals surface area (Å²) in [4.78, 5) is 12.0. The number of nitrogens with one attached hydrogen (secondary N) is 1. The van der Waals surface area contributed by atoms with E-state index in [9.17, 15) is 13.2 Å². The molecule has 1 aromatic rings. The van der Waals surface area contributed by atoms with Crippen LogP contribution in [0.2, 0.25) is 0 Å². The van der Waals surface area contributed by atoms with Gasteiger partial charge in [-0.2, -0.15) is 0 Å². The van der Waals surface area contributed by atoms with Crippen LogP contribution in [0.4, 0.5) is 0 Å². The van der Waals surface area contributed by atoms with Gasteiger partial charge in [-0.15, -0.1) is 17.8 Å². The monoisotopic (exact) mass is 356 g/mol. The van der Waals surface area contributed by atoms with Gasteiger partial charge in [-0.3, -0.25) is 4.79 Å². The summed E-state index contributed by atoms with van der Waals surface area (Å²) >= 11 is 1.18. The van der Waals surface area contributed by atoms with Crippen molar-refractivity contribution in [2.24, 2.45) is 0 Å². The SMILES string of the molecule is C#CC(CC)(CC)NC(=O)CCCN(C)S(=O)(=O)c1cccs1. The molecule has 0 saturated heterocycles. The van der Waals surface area contributed by atoms with Crippen LogP contribution in [0.15, 0.2) is 21.7 Å². The Balaban J connectivity index is 2.51. The van der Waals surface area contributed by atoms with Gasteiger partial charge in [0.15, 0.2) is 0 Å². The number of thiophene rings is 1. The van der Waals surface area contributed by atoms with Crippen LogP contribution in [0, 0.1) is 12.3 Å². The topological polar surface area (TPSA) is 66.5 Å². The average Bonchev–Trinajstić information content (AvgIpc) is 3.07. The molecule has 1 aromatic heterocycles. The van der Waals surface area contributed by atoms with E-state index in [2.05, 4.69) is 11.2 Å². The molecule has 5 nitrogen and oxygen atoms in total. The van der Waals surface area contributed by atoms with Crippen LogP contribution in [-0.4, -0.2) is 37.8 Å². The van der Waals surface area contributed by atoms with Gasteiger partial charge in [-0.05, 0) is 30.7 Å². The molecule has 0 atom stereocenters. The lowest BCUT2D eigenvalue weighted by molar-refractivity contribution is -0.122. The molecule has 0 bridgehead atoms. The van der Waals surface area contributed by atoms with Crippen molar-refractivity contribution in [3.63, 3.8) is 0 Å². The molecule has 1 heterocycles. The minimum Gasteiger partial charge on any atom is -0.340 e. The molecule has 0 unspecified atom stereocenters. The smallest absolute Gasteiger partial charge is 0.252 e. The highest BCUT2D eigenvalue weighted by Crippen LogP contribution is 2.20. The van der Waals surface area contributed by atoms with Crippen molar-refractivity contribution in [2.75, 3.05) is 13.6 Å². The summed E-state index contributed by atoms with van der Waals surface area (Å²) in [7, 11) is -1.93. The number of hydrogen-bond acceptors (Lipinski definition) is 4. The predicted molar refractivity (Wildman–Crippen MR) is 93.7 cm³/mol. The van der Waals surface area contributed by atoms with E-state index in [-0.39, 0.29) is 18.9 Å². The lowest BCUT2D eigenvalue weighted by Gasteiger charge is -2.27. The molecule has 0 fully saturated rings. The first-order chi connectivity index (χ1) is 10.8. The van der Waals surface area contributed by atoms with Crippen molar-refractivity contribution in [1.29, 1.82) is 0 Å². The van der Waals surface area contributed by atoms with E-state index in [1.165, 1.54) is 22.7 Å². The van der Waals surface area contributed by atoms with Crippen LogP contribution in [0.5, 0.6) is 0 Å². The maximum absolute atomic E-state index is 12.2. The summed E-state index contributed by atoms with van der Waals surface area (Å²) in [5, 5.41) is 4.60. The van der Waals surface area contributed by atoms with Gasteiger partial charge in [0.05, 0.1) is 0 Å². The van der Waals surface area contributed by atoms with E-state index in [1.54, 1.807) is 17.5 Å². The number of nitrogens with zero attached hydrogens (tertiary/aromatic N) is 1. The zero-order valence-electron chi connectivity index (χ0n) is 13.8. The first-order valence-electron chi connectivity index (χ1n) is 7.60.